The minimum atomic E-state index is -0.596. The number of hydrogen-bond donors (Lipinski definition) is 0. The van der Waals surface area contributed by atoms with Gasteiger partial charge in [0.1, 0.15) is 0 Å². The minimum absolute atomic E-state index is 0. The largest absolute Gasteiger partial charge is 0.412 e. The van der Waals surface area contributed by atoms with E-state index in [1.807, 2.05) is 30.3 Å². The summed E-state index contributed by atoms with van der Waals surface area (Å²) in [5, 5.41) is 0. The molecule has 3 heteroatoms. The predicted octanol–water partition coefficient (Wildman–Crippen LogP) is 0.286. The van der Waals surface area contributed by atoms with Gasteiger partial charge < -0.3 is 10.2 Å². The van der Waals surface area contributed by atoms with Crippen LogP contribution in [0.4, 0.5) is 0 Å². The highest BCUT2D eigenvalue weighted by Crippen LogP contribution is 2.35. The molecule has 1 aliphatic heterocycles. The lowest BCUT2D eigenvalue weighted by Crippen LogP contribution is -2.09. The zero-order valence-corrected chi connectivity index (χ0v) is 6.49. The number of hydrogen-bond acceptors (Lipinski definition) is 2. The van der Waals surface area contributed by atoms with Crippen molar-refractivity contribution in [3.8, 4) is 0 Å². The highest BCUT2D eigenvalue weighted by Gasteiger charge is 2.46. The van der Waals surface area contributed by atoms with Gasteiger partial charge in [-0.3, -0.25) is 4.79 Å². The second kappa shape index (κ2) is 3.05. The quantitative estimate of drug-likeness (QED) is 0.468. The van der Waals surface area contributed by atoms with E-state index in [2.05, 4.69) is 0 Å². The van der Waals surface area contributed by atoms with Crippen molar-refractivity contribution in [3.63, 3.8) is 0 Å². The number of carbonyl (C=O) groups excluding carboxylic acids is 1. The van der Waals surface area contributed by atoms with Crippen molar-refractivity contribution in [1.82, 2.24) is 0 Å². The highest BCUT2D eigenvalue weighted by atomic mass is 16.6. The molecule has 1 aliphatic rings. The Labute approximate surface area is 70.3 Å². The average Bonchev–Trinajstić information content (AvgIpc) is 2.86. The molecule has 0 spiro atoms. The van der Waals surface area contributed by atoms with Crippen molar-refractivity contribution in [2.45, 2.75) is 5.60 Å². The summed E-state index contributed by atoms with van der Waals surface area (Å²) in [6.07, 6.45) is 0.863. The Bertz CT molecular complexity index is 264. The summed E-state index contributed by atoms with van der Waals surface area (Å²) in [6, 6.07) is 9.54. The van der Waals surface area contributed by atoms with Crippen molar-refractivity contribution in [1.29, 1.82) is 0 Å². The van der Waals surface area contributed by atoms with E-state index in [1.165, 1.54) is 0 Å². The van der Waals surface area contributed by atoms with Gasteiger partial charge in [-0.15, -0.1) is 0 Å². The number of epoxide rings is 1. The summed E-state index contributed by atoms with van der Waals surface area (Å²) in [5.41, 5.74) is 0.358. The molecule has 0 radical (unpaired) electrons. The third-order valence-corrected chi connectivity index (χ3v) is 1.91. The molecular weight excluding hydrogens is 156 g/mol. The molecule has 1 saturated heterocycles. The van der Waals surface area contributed by atoms with Crippen LogP contribution in [-0.4, -0.2) is 18.4 Å². The first-order chi connectivity index (χ1) is 5.37. The lowest BCUT2D eigenvalue weighted by Gasteiger charge is -2.01. The summed E-state index contributed by atoms with van der Waals surface area (Å²) < 4.78 is 5.06. The van der Waals surface area contributed by atoms with Gasteiger partial charge in [0, 0.05) is 0 Å². The van der Waals surface area contributed by atoms with Gasteiger partial charge in [0.15, 0.2) is 11.9 Å². The van der Waals surface area contributed by atoms with Crippen molar-refractivity contribution in [3.05, 3.63) is 35.9 Å². The minimum Gasteiger partial charge on any atom is -0.412 e. The van der Waals surface area contributed by atoms with Gasteiger partial charge in [0.05, 0.1) is 6.61 Å². The lowest BCUT2D eigenvalue weighted by atomic mass is 10.0. The Morgan fingerprint density at radius 1 is 1.33 bits per heavy atom. The maximum atomic E-state index is 10.6. The van der Waals surface area contributed by atoms with Crippen molar-refractivity contribution < 1.29 is 15.0 Å². The maximum Gasteiger partial charge on any atom is 0.171 e. The zero-order chi connectivity index (χ0) is 7.73. The number of benzene rings is 1. The van der Waals surface area contributed by atoms with Gasteiger partial charge in [0.2, 0.25) is 0 Å². The van der Waals surface area contributed by atoms with E-state index >= 15 is 0 Å². The van der Waals surface area contributed by atoms with Crippen LogP contribution in [-0.2, 0) is 15.1 Å². The molecule has 0 aromatic heterocycles. The first kappa shape index (κ1) is 8.90. The average molecular weight is 166 g/mol. The molecule has 0 saturated carbocycles. The van der Waals surface area contributed by atoms with Crippen LogP contribution < -0.4 is 0 Å². The highest BCUT2D eigenvalue weighted by molar-refractivity contribution is 5.69. The molecule has 1 unspecified atom stereocenters. The van der Waals surface area contributed by atoms with Crippen LogP contribution in [0.25, 0.3) is 0 Å². The second-order valence-electron chi connectivity index (χ2n) is 2.66. The third-order valence-electron chi connectivity index (χ3n) is 1.91. The van der Waals surface area contributed by atoms with E-state index in [1.54, 1.807) is 0 Å². The molecular formula is C9H10O3. The molecule has 0 amide bonds. The van der Waals surface area contributed by atoms with Crippen LogP contribution >= 0.6 is 0 Å². The van der Waals surface area contributed by atoms with Gasteiger partial charge in [0.25, 0.3) is 0 Å². The summed E-state index contributed by atoms with van der Waals surface area (Å²) in [4.78, 5) is 10.6. The SMILES string of the molecule is O.O=CC1(c2ccccc2)CO1. The van der Waals surface area contributed by atoms with E-state index in [0.29, 0.717) is 6.61 Å². The fourth-order valence-electron chi connectivity index (χ4n) is 1.10. The van der Waals surface area contributed by atoms with E-state index in [0.717, 1.165) is 11.8 Å². The normalized spacial score (nSPS) is 25.7. The monoisotopic (exact) mass is 166 g/mol. The number of carbonyl (C=O) groups is 1. The van der Waals surface area contributed by atoms with Crippen LogP contribution in [0.1, 0.15) is 5.56 Å². The molecule has 1 fully saturated rings. The van der Waals surface area contributed by atoms with Crippen molar-refractivity contribution >= 4 is 6.29 Å². The van der Waals surface area contributed by atoms with Crippen LogP contribution in [0.2, 0.25) is 0 Å². The van der Waals surface area contributed by atoms with Crippen LogP contribution in [0.3, 0.4) is 0 Å². The summed E-state index contributed by atoms with van der Waals surface area (Å²) in [5.74, 6) is 0. The van der Waals surface area contributed by atoms with E-state index < -0.39 is 5.60 Å². The first-order valence-corrected chi connectivity index (χ1v) is 3.53. The maximum absolute atomic E-state index is 10.6. The zero-order valence-electron chi connectivity index (χ0n) is 6.49. The molecule has 1 atom stereocenters. The van der Waals surface area contributed by atoms with Gasteiger partial charge in [-0.05, 0) is 5.56 Å². The van der Waals surface area contributed by atoms with Crippen LogP contribution in [0, 0.1) is 0 Å². The molecule has 1 heterocycles. The fourth-order valence-corrected chi connectivity index (χ4v) is 1.10. The molecule has 0 aliphatic carbocycles. The first-order valence-electron chi connectivity index (χ1n) is 3.53. The standard InChI is InChI=1S/C9H8O2.H2O/c10-6-9(7-11-9)8-4-2-1-3-5-8;/h1-6H,7H2;1H2. The summed E-state index contributed by atoms with van der Waals surface area (Å²) in [6.45, 7) is 0.528. The van der Waals surface area contributed by atoms with Gasteiger partial charge in [-0.2, -0.15) is 0 Å². The lowest BCUT2D eigenvalue weighted by molar-refractivity contribution is -0.112. The Kier molecular flexibility index (Phi) is 2.26. The van der Waals surface area contributed by atoms with E-state index in [4.69, 9.17) is 4.74 Å². The Balaban J connectivity index is 0.000000720. The summed E-state index contributed by atoms with van der Waals surface area (Å²) in [7, 11) is 0. The molecule has 64 valence electrons. The topological polar surface area (TPSA) is 61.1 Å². The molecule has 2 rings (SSSR count). The number of ether oxygens (including phenoxy) is 1. The van der Waals surface area contributed by atoms with Crippen molar-refractivity contribution in [2.24, 2.45) is 0 Å². The number of aldehydes is 1. The smallest absolute Gasteiger partial charge is 0.171 e. The molecule has 1 aromatic rings. The van der Waals surface area contributed by atoms with E-state index in [9.17, 15) is 4.79 Å². The summed E-state index contributed by atoms with van der Waals surface area (Å²) >= 11 is 0. The Morgan fingerprint density at radius 2 is 1.92 bits per heavy atom. The molecule has 0 bridgehead atoms. The van der Waals surface area contributed by atoms with Crippen LogP contribution in [0.5, 0.6) is 0 Å². The molecule has 2 N–H and O–H groups in total. The second-order valence-corrected chi connectivity index (χ2v) is 2.66. The Hall–Kier alpha value is -1.19. The van der Waals surface area contributed by atoms with Crippen molar-refractivity contribution in [2.75, 3.05) is 6.61 Å². The Morgan fingerprint density at radius 3 is 2.33 bits per heavy atom. The number of rotatable bonds is 2. The van der Waals surface area contributed by atoms with Gasteiger partial charge in [-0.1, -0.05) is 30.3 Å². The van der Waals surface area contributed by atoms with Gasteiger partial charge in [-0.25, -0.2) is 0 Å². The third kappa shape index (κ3) is 1.24. The van der Waals surface area contributed by atoms with Gasteiger partial charge >= 0.3 is 0 Å². The molecule has 12 heavy (non-hydrogen) atoms. The molecule has 3 nitrogen and oxygen atoms in total. The molecule has 1 aromatic carbocycles. The fraction of sp³-hybridized carbons (Fsp3) is 0.222. The van der Waals surface area contributed by atoms with E-state index in [-0.39, 0.29) is 5.48 Å². The predicted molar refractivity (Wildman–Crippen MR) is 43.7 cm³/mol. The van der Waals surface area contributed by atoms with Crippen LogP contribution in [0.15, 0.2) is 30.3 Å².